The van der Waals surface area contributed by atoms with E-state index in [1.165, 1.54) is 7.11 Å². The highest BCUT2D eigenvalue weighted by atomic mass is 16.5. The quantitative estimate of drug-likeness (QED) is 0.700. The van der Waals surface area contributed by atoms with Crippen molar-refractivity contribution < 1.29 is 14.3 Å². The average Bonchev–Trinajstić information content (AvgIpc) is 2.47. The standard InChI is InChI=1S/C14H17NO3/c1-17-13(16)11-3-2-4-12(9-11)14(10-15)5-7-18-8-6-14/h2-3,9,12H,4-8H2,1H3. The van der Waals surface area contributed by atoms with Crippen LogP contribution < -0.4 is 0 Å². The van der Waals surface area contributed by atoms with Crippen LogP contribution in [-0.2, 0) is 14.3 Å². The van der Waals surface area contributed by atoms with E-state index in [-0.39, 0.29) is 11.9 Å². The maximum Gasteiger partial charge on any atom is 0.337 e. The number of carbonyl (C=O) groups excluding carboxylic acids is 1. The zero-order valence-corrected chi connectivity index (χ0v) is 10.5. The Kier molecular flexibility index (Phi) is 3.83. The Bertz CT molecular complexity index is 425. The molecule has 0 N–H and O–H groups in total. The monoisotopic (exact) mass is 247 g/mol. The third-order valence-corrected chi connectivity index (χ3v) is 3.81. The van der Waals surface area contributed by atoms with Crippen molar-refractivity contribution in [2.45, 2.75) is 19.3 Å². The largest absolute Gasteiger partial charge is 0.465 e. The second-order valence-electron chi connectivity index (χ2n) is 4.74. The summed E-state index contributed by atoms with van der Waals surface area (Å²) in [5, 5.41) is 9.50. The Labute approximate surface area is 107 Å². The normalized spacial score (nSPS) is 26.0. The third kappa shape index (κ3) is 2.32. The molecule has 0 bridgehead atoms. The molecule has 4 nitrogen and oxygen atoms in total. The number of hydrogen-bond donors (Lipinski definition) is 0. The summed E-state index contributed by atoms with van der Waals surface area (Å²) >= 11 is 0. The molecule has 1 atom stereocenters. The summed E-state index contributed by atoms with van der Waals surface area (Å²) in [6.07, 6.45) is 7.87. The second-order valence-corrected chi connectivity index (χ2v) is 4.74. The summed E-state index contributed by atoms with van der Waals surface area (Å²) in [6.45, 7) is 1.24. The summed E-state index contributed by atoms with van der Waals surface area (Å²) in [5.74, 6) is -0.262. The highest BCUT2D eigenvalue weighted by Crippen LogP contribution is 2.42. The molecule has 4 heteroatoms. The first-order chi connectivity index (χ1) is 8.72. The Morgan fingerprint density at radius 1 is 1.56 bits per heavy atom. The Morgan fingerprint density at radius 2 is 2.28 bits per heavy atom. The fourth-order valence-electron chi connectivity index (χ4n) is 2.62. The van der Waals surface area contributed by atoms with Gasteiger partial charge in [-0.2, -0.15) is 5.26 Å². The molecule has 1 heterocycles. The first kappa shape index (κ1) is 12.8. The van der Waals surface area contributed by atoms with E-state index in [1.807, 2.05) is 12.2 Å². The van der Waals surface area contributed by atoms with E-state index < -0.39 is 5.41 Å². The highest BCUT2D eigenvalue weighted by Gasteiger charge is 2.40. The molecule has 18 heavy (non-hydrogen) atoms. The lowest BCUT2D eigenvalue weighted by molar-refractivity contribution is -0.135. The molecule has 1 fully saturated rings. The van der Waals surface area contributed by atoms with Gasteiger partial charge in [-0.1, -0.05) is 18.2 Å². The molecule has 0 spiro atoms. The molecular formula is C14H17NO3. The predicted octanol–water partition coefficient (Wildman–Crippen LogP) is 1.98. The van der Waals surface area contributed by atoms with Crippen LogP contribution >= 0.6 is 0 Å². The highest BCUT2D eigenvalue weighted by molar-refractivity contribution is 5.91. The van der Waals surface area contributed by atoms with E-state index in [0.29, 0.717) is 18.8 Å². The van der Waals surface area contributed by atoms with Crippen LogP contribution in [-0.4, -0.2) is 26.3 Å². The lowest BCUT2D eigenvalue weighted by Crippen LogP contribution is -2.35. The molecule has 1 saturated heterocycles. The average molecular weight is 247 g/mol. The fraction of sp³-hybridized carbons (Fsp3) is 0.571. The molecule has 0 aromatic rings. The molecular weight excluding hydrogens is 230 g/mol. The molecule has 96 valence electrons. The van der Waals surface area contributed by atoms with Gasteiger partial charge in [-0.05, 0) is 19.3 Å². The lowest BCUT2D eigenvalue weighted by atomic mass is 9.68. The molecule has 0 amide bonds. The molecule has 1 unspecified atom stereocenters. The number of carbonyl (C=O) groups is 1. The van der Waals surface area contributed by atoms with E-state index in [2.05, 4.69) is 6.07 Å². The molecule has 0 saturated carbocycles. The minimum atomic E-state index is -0.401. The van der Waals surface area contributed by atoms with Gasteiger partial charge in [0.15, 0.2) is 0 Å². The van der Waals surface area contributed by atoms with Crippen LogP contribution in [0.25, 0.3) is 0 Å². The summed E-state index contributed by atoms with van der Waals surface area (Å²) in [5.41, 5.74) is 0.150. The van der Waals surface area contributed by atoms with Gasteiger partial charge < -0.3 is 9.47 Å². The molecule has 2 aliphatic rings. The SMILES string of the molecule is COC(=O)C1=CC(C2(C#N)CCOCC2)CC=C1. The maximum absolute atomic E-state index is 11.5. The van der Waals surface area contributed by atoms with Crippen LogP contribution in [0.1, 0.15) is 19.3 Å². The smallest absolute Gasteiger partial charge is 0.337 e. The first-order valence-electron chi connectivity index (χ1n) is 6.17. The summed E-state index contributed by atoms with van der Waals surface area (Å²) in [7, 11) is 1.37. The van der Waals surface area contributed by atoms with Gasteiger partial charge in [-0.15, -0.1) is 0 Å². The third-order valence-electron chi connectivity index (χ3n) is 3.81. The van der Waals surface area contributed by atoms with Gasteiger partial charge in [-0.3, -0.25) is 0 Å². The van der Waals surface area contributed by atoms with Crippen molar-refractivity contribution in [3.63, 3.8) is 0 Å². The van der Waals surface area contributed by atoms with Gasteiger partial charge >= 0.3 is 5.97 Å². The molecule has 0 aromatic carbocycles. The van der Waals surface area contributed by atoms with E-state index in [0.717, 1.165) is 19.3 Å². The van der Waals surface area contributed by atoms with Crippen molar-refractivity contribution >= 4 is 5.97 Å². The Balaban J connectivity index is 2.22. The predicted molar refractivity (Wildman–Crippen MR) is 65.4 cm³/mol. The number of methoxy groups -OCH3 is 1. The first-order valence-corrected chi connectivity index (χ1v) is 6.17. The number of hydrogen-bond acceptors (Lipinski definition) is 4. The number of nitriles is 1. The number of rotatable bonds is 2. The Hall–Kier alpha value is -1.60. The van der Waals surface area contributed by atoms with Crippen molar-refractivity contribution in [3.8, 4) is 6.07 Å². The minimum absolute atomic E-state index is 0.0745. The number of allylic oxidation sites excluding steroid dienone is 2. The van der Waals surface area contributed by atoms with Gasteiger partial charge in [-0.25, -0.2) is 4.79 Å². The molecule has 1 aliphatic carbocycles. The number of esters is 1. The van der Waals surface area contributed by atoms with Crippen molar-refractivity contribution in [2.24, 2.45) is 11.3 Å². The topological polar surface area (TPSA) is 59.3 Å². The van der Waals surface area contributed by atoms with E-state index in [4.69, 9.17) is 9.47 Å². The summed E-state index contributed by atoms with van der Waals surface area (Å²) < 4.78 is 10.1. The van der Waals surface area contributed by atoms with Crippen LogP contribution in [0, 0.1) is 22.7 Å². The molecule has 0 aromatic heterocycles. The van der Waals surface area contributed by atoms with Gasteiger partial charge in [0, 0.05) is 19.1 Å². The zero-order chi connectivity index (χ0) is 13.0. The fourth-order valence-corrected chi connectivity index (χ4v) is 2.62. The van der Waals surface area contributed by atoms with Crippen molar-refractivity contribution in [1.82, 2.24) is 0 Å². The van der Waals surface area contributed by atoms with E-state index >= 15 is 0 Å². The lowest BCUT2D eigenvalue weighted by Gasteiger charge is -2.37. The maximum atomic E-state index is 11.5. The van der Waals surface area contributed by atoms with Crippen LogP contribution in [0.5, 0.6) is 0 Å². The van der Waals surface area contributed by atoms with Gasteiger partial charge in [0.2, 0.25) is 0 Å². The zero-order valence-electron chi connectivity index (χ0n) is 10.5. The van der Waals surface area contributed by atoms with Gasteiger partial charge in [0.1, 0.15) is 0 Å². The van der Waals surface area contributed by atoms with Crippen molar-refractivity contribution in [2.75, 3.05) is 20.3 Å². The summed E-state index contributed by atoms with van der Waals surface area (Å²) in [4.78, 5) is 11.5. The van der Waals surface area contributed by atoms with Gasteiger partial charge in [0.25, 0.3) is 0 Å². The van der Waals surface area contributed by atoms with E-state index in [1.54, 1.807) is 6.08 Å². The molecule has 1 aliphatic heterocycles. The van der Waals surface area contributed by atoms with E-state index in [9.17, 15) is 10.1 Å². The summed E-state index contributed by atoms with van der Waals surface area (Å²) in [6, 6.07) is 2.45. The second kappa shape index (κ2) is 5.36. The van der Waals surface area contributed by atoms with Crippen LogP contribution in [0.15, 0.2) is 23.8 Å². The Morgan fingerprint density at radius 3 is 2.89 bits per heavy atom. The van der Waals surface area contributed by atoms with Gasteiger partial charge in [0.05, 0.1) is 24.2 Å². The number of ether oxygens (including phenoxy) is 2. The van der Waals surface area contributed by atoms with Crippen molar-refractivity contribution in [3.05, 3.63) is 23.8 Å². The number of nitrogens with zero attached hydrogens (tertiary/aromatic N) is 1. The van der Waals surface area contributed by atoms with Crippen LogP contribution in [0.4, 0.5) is 0 Å². The molecule has 0 radical (unpaired) electrons. The van der Waals surface area contributed by atoms with Crippen molar-refractivity contribution in [1.29, 1.82) is 5.26 Å². The van der Waals surface area contributed by atoms with Crippen LogP contribution in [0.3, 0.4) is 0 Å². The minimum Gasteiger partial charge on any atom is -0.465 e. The van der Waals surface area contributed by atoms with Crippen LogP contribution in [0.2, 0.25) is 0 Å². The molecule has 2 rings (SSSR count).